The monoisotopic (exact) mass is 301 g/mol. The van der Waals surface area contributed by atoms with E-state index in [1.807, 2.05) is 37.3 Å². The Labute approximate surface area is 127 Å². The average molecular weight is 301 g/mol. The predicted molar refractivity (Wildman–Crippen MR) is 83.9 cm³/mol. The van der Waals surface area contributed by atoms with Crippen molar-refractivity contribution in [2.45, 2.75) is 26.3 Å². The van der Waals surface area contributed by atoms with Gasteiger partial charge in [-0.1, -0.05) is 37.3 Å². The SMILES string of the molecule is Cc1cn(CC(=O)NCC(C)c2ccccc2)c(=O)[nH]c1=O. The summed E-state index contributed by atoms with van der Waals surface area (Å²) in [4.78, 5) is 37.0. The van der Waals surface area contributed by atoms with Crippen molar-refractivity contribution in [3.63, 3.8) is 0 Å². The van der Waals surface area contributed by atoms with E-state index in [2.05, 4.69) is 10.3 Å². The summed E-state index contributed by atoms with van der Waals surface area (Å²) in [7, 11) is 0. The number of rotatable bonds is 5. The van der Waals surface area contributed by atoms with Gasteiger partial charge in [-0.05, 0) is 18.4 Å². The lowest BCUT2D eigenvalue weighted by atomic mass is 10.0. The molecule has 116 valence electrons. The molecule has 0 spiro atoms. The molecule has 22 heavy (non-hydrogen) atoms. The highest BCUT2D eigenvalue weighted by Gasteiger charge is 2.09. The largest absolute Gasteiger partial charge is 0.354 e. The number of aryl methyl sites for hydroxylation is 1. The molecular formula is C16H19N3O3. The Hall–Kier alpha value is -2.63. The van der Waals surface area contributed by atoms with Crippen LogP contribution in [0, 0.1) is 6.92 Å². The van der Waals surface area contributed by atoms with Crippen molar-refractivity contribution in [2.75, 3.05) is 6.54 Å². The fraction of sp³-hybridized carbons (Fsp3) is 0.312. The maximum Gasteiger partial charge on any atom is 0.328 e. The number of carbonyl (C=O) groups excluding carboxylic acids is 1. The molecule has 2 rings (SSSR count). The van der Waals surface area contributed by atoms with Crippen LogP contribution in [0.3, 0.4) is 0 Å². The Balaban J connectivity index is 1.95. The third kappa shape index (κ3) is 3.94. The lowest BCUT2D eigenvalue weighted by Gasteiger charge is -2.13. The summed E-state index contributed by atoms with van der Waals surface area (Å²) in [5.41, 5.74) is 0.520. The number of benzene rings is 1. The fourth-order valence-electron chi connectivity index (χ4n) is 2.11. The Kier molecular flexibility index (Phi) is 4.93. The molecule has 2 N–H and O–H groups in total. The molecule has 1 heterocycles. The van der Waals surface area contributed by atoms with E-state index < -0.39 is 11.2 Å². The van der Waals surface area contributed by atoms with Crippen molar-refractivity contribution in [1.29, 1.82) is 0 Å². The molecule has 2 aromatic rings. The zero-order chi connectivity index (χ0) is 16.1. The molecule has 6 heteroatoms. The van der Waals surface area contributed by atoms with Gasteiger partial charge in [0.25, 0.3) is 5.56 Å². The minimum atomic E-state index is -0.582. The number of hydrogen-bond acceptors (Lipinski definition) is 3. The molecule has 0 radical (unpaired) electrons. The van der Waals surface area contributed by atoms with Gasteiger partial charge in [0.05, 0.1) is 0 Å². The van der Waals surface area contributed by atoms with Gasteiger partial charge in [-0.15, -0.1) is 0 Å². The lowest BCUT2D eigenvalue weighted by Crippen LogP contribution is -2.37. The van der Waals surface area contributed by atoms with Crippen LogP contribution >= 0.6 is 0 Å². The van der Waals surface area contributed by atoms with Crippen molar-refractivity contribution in [1.82, 2.24) is 14.9 Å². The first-order chi connectivity index (χ1) is 10.5. The first-order valence-corrected chi connectivity index (χ1v) is 7.09. The molecule has 1 atom stereocenters. The van der Waals surface area contributed by atoms with Crippen LogP contribution in [0.5, 0.6) is 0 Å². The van der Waals surface area contributed by atoms with Crippen LogP contribution in [0.1, 0.15) is 24.0 Å². The number of aromatic nitrogens is 2. The maximum absolute atomic E-state index is 11.9. The van der Waals surface area contributed by atoms with Crippen LogP contribution in [0.25, 0.3) is 0 Å². The van der Waals surface area contributed by atoms with E-state index in [0.717, 1.165) is 5.56 Å². The van der Waals surface area contributed by atoms with Gasteiger partial charge in [0.1, 0.15) is 6.54 Å². The average Bonchev–Trinajstić information content (AvgIpc) is 2.51. The number of H-pyrrole nitrogens is 1. The van der Waals surface area contributed by atoms with Crippen LogP contribution in [0.4, 0.5) is 0 Å². The van der Waals surface area contributed by atoms with Gasteiger partial charge in [-0.25, -0.2) is 4.79 Å². The molecule has 0 saturated heterocycles. The van der Waals surface area contributed by atoms with E-state index in [1.165, 1.54) is 10.8 Å². The second kappa shape index (κ2) is 6.89. The summed E-state index contributed by atoms with van der Waals surface area (Å²) in [6.07, 6.45) is 1.39. The molecule has 1 unspecified atom stereocenters. The molecule has 0 aliphatic heterocycles. The number of amides is 1. The molecule has 6 nitrogen and oxygen atoms in total. The van der Waals surface area contributed by atoms with Gasteiger partial charge in [-0.3, -0.25) is 19.1 Å². The highest BCUT2D eigenvalue weighted by atomic mass is 16.2. The Morgan fingerprint density at radius 2 is 1.95 bits per heavy atom. The molecule has 0 saturated carbocycles. The van der Waals surface area contributed by atoms with Crippen molar-refractivity contribution >= 4 is 5.91 Å². The van der Waals surface area contributed by atoms with Gasteiger partial charge < -0.3 is 5.32 Å². The number of aromatic amines is 1. The van der Waals surface area contributed by atoms with Gasteiger partial charge in [0, 0.05) is 18.3 Å². The van der Waals surface area contributed by atoms with Crippen molar-refractivity contribution in [3.8, 4) is 0 Å². The summed E-state index contributed by atoms with van der Waals surface area (Å²) >= 11 is 0. The van der Waals surface area contributed by atoms with E-state index in [4.69, 9.17) is 0 Å². The minimum absolute atomic E-state index is 0.113. The first kappa shape index (κ1) is 15.8. The molecule has 1 aromatic heterocycles. The molecule has 1 aromatic carbocycles. The Morgan fingerprint density at radius 1 is 1.27 bits per heavy atom. The highest BCUT2D eigenvalue weighted by molar-refractivity contribution is 5.75. The first-order valence-electron chi connectivity index (χ1n) is 7.09. The van der Waals surface area contributed by atoms with E-state index in [0.29, 0.717) is 12.1 Å². The summed E-state index contributed by atoms with van der Waals surface area (Å²) in [6, 6.07) is 9.87. The van der Waals surface area contributed by atoms with E-state index >= 15 is 0 Å². The topological polar surface area (TPSA) is 84.0 Å². The van der Waals surface area contributed by atoms with Crippen molar-refractivity contribution in [2.24, 2.45) is 0 Å². The van der Waals surface area contributed by atoms with Crippen LogP contribution in [-0.2, 0) is 11.3 Å². The highest BCUT2D eigenvalue weighted by Crippen LogP contribution is 2.12. The lowest BCUT2D eigenvalue weighted by molar-refractivity contribution is -0.121. The minimum Gasteiger partial charge on any atom is -0.354 e. The van der Waals surface area contributed by atoms with Crippen LogP contribution in [-0.4, -0.2) is 22.0 Å². The van der Waals surface area contributed by atoms with Gasteiger partial charge in [0.2, 0.25) is 5.91 Å². The molecule has 1 amide bonds. The van der Waals surface area contributed by atoms with Crippen LogP contribution < -0.4 is 16.6 Å². The maximum atomic E-state index is 11.9. The number of carbonyl (C=O) groups is 1. The summed E-state index contributed by atoms with van der Waals surface area (Å²) in [6.45, 7) is 3.98. The van der Waals surface area contributed by atoms with Crippen molar-refractivity contribution < 1.29 is 4.79 Å². The quantitative estimate of drug-likeness (QED) is 0.855. The fourth-order valence-corrected chi connectivity index (χ4v) is 2.11. The van der Waals surface area contributed by atoms with Crippen LogP contribution in [0.2, 0.25) is 0 Å². The molecular weight excluding hydrogens is 282 g/mol. The molecule has 0 aliphatic carbocycles. The zero-order valence-corrected chi connectivity index (χ0v) is 12.6. The number of hydrogen-bond donors (Lipinski definition) is 2. The van der Waals surface area contributed by atoms with Gasteiger partial charge in [-0.2, -0.15) is 0 Å². The number of nitrogens with one attached hydrogen (secondary N) is 2. The van der Waals surface area contributed by atoms with E-state index in [9.17, 15) is 14.4 Å². The normalized spacial score (nSPS) is 11.9. The molecule has 0 aliphatic rings. The Bertz CT molecular complexity index is 762. The van der Waals surface area contributed by atoms with Crippen molar-refractivity contribution in [3.05, 3.63) is 68.5 Å². The second-order valence-electron chi connectivity index (χ2n) is 5.32. The van der Waals surface area contributed by atoms with E-state index in [-0.39, 0.29) is 18.4 Å². The Morgan fingerprint density at radius 3 is 2.64 bits per heavy atom. The molecule has 0 bridgehead atoms. The third-order valence-electron chi connectivity index (χ3n) is 3.48. The van der Waals surface area contributed by atoms with Gasteiger partial charge >= 0.3 is 5.69 Å². The van der Waals surface area contributed by atoms with Gasteiger partial charge in [0.15, 0.2) is 0 Å². The second-order valence-corrected chi connectivity index (χ2v) is 5.32. The van der Waals surface area contributed by atoms with Crippen LogP contribution in [0.15, 0.2) is 46.1 Å². The van der Waals surface area contributed by atoms with E-state index in [1.54, 1.807) is 6.92 Å². The smallest absolute Gasteiger partial charge is 0.328 e. The summed E-state index contributed by atoms with van der Waals surface area (Å²) < 4.78 is 1.19. The zero-order valence-electron chi connectivity index (χ0n) is 12.6. The summed E-state index contributed by atoms with van der Waals surface area (Å²) in [5, 5.41) is 2.80. The molecule has 0 fully saturated rings. The standard InChI is InChI=1S/C16H19N3O3/c1-11(13-6-4-3-5-7-13)8-17-14(20)10-19-9-12(2)15(21)18-16(19)22/h3-7,9,11H,8,10H2,1-2H3,(H,17,20)(H,18,21,22). The third-order valence-corrected chi connectivity index (χ3v) is 3.48. The summed E-state index contributed by atoms with van der Waals surface area (Å²) in [5.74, 6) is -0.0875. The predicted octanol–water partition coefficient (Wildman–Crippen LogP) is 0.765. The number of nitrogens with zero attached hydrogens (tertiary/aromatic N) is 1.